The van der Waals surface area contributed by atoms with Crippen LogP contribution in [0.1, 0.15) is 119 Å². The van der Waals surface area contributed by atoms with Crippen LogP contribution in [0.3, 0.4) is 0 Å². The number of unbranched alkanes of at least 4 members (excludes halogenated alkanes) is 6. The van der Waals surface area contributed by atoms with Crippen molar-refractivity contribution >= 4 is 18.1 Å². The molecule has 0 saturated carbocycles. The second-order valence-corrected chi connectivity index (χ2v) is 8.21. The van der Waals surface area contributed by atoms with Crippen LogP contribution in [0.2, 0.25) is 0 Å². The summed E-state index contributed by atoms with van der Waals surface area (Å²) in [7, 11) is 0. The number of carbonyl (C=O) groups excluding carboxylic acids is 3. The number of hydrogen-bond donors (Lipinski definition) is 2. The van der Waals surface area contributed by atoms with E-state index in [9.17, 15) is 14.4 Å². The molecule has 6 heteroatoms. The predicted molar refractivity (Wildman–Crippen MR) is 127 cm³/mol. The summed E-state index contributed by atoms with van der Waals surface area (Å²) in [4.78, 5) is 36.3. The van der Waals surface area contributed by atoms with E-state index in [1.165, 1.54) is 0 Å². The van der Waals surface area contributed by atoms with Gasteiger partial charge < -0.3 is 21.8 Å². The standard InChI is InChI=1S/C22H41N2O3.C3H7.La/c1-5-8-11-14-18(4)21(26)24-20(16-13-10-7-3)22(27)23-19(17-25)15-12-9-6-2;1-3-2;/h18-20H,5-16H2,1-4H3,(H,23,27)(H,24,26);3H,1-2H3;/q2*-1;. The van der Waals surface area contributed by atoms with Gasteiger partial charge in [-0.1, -0.05) is 97.9 Å². The molecule has 0 aromatic carbocycles. The van der Waals surface area contributed by atoms with Gasteiger partial charge in [-0.3, -0.25) is 9.59 Å². The second kappa shape index (κ2) is 26.1. The minimum absolute atomic E-state index is 0. The molecule has 2 N–H and O–H groups in total. The van der Waals surface area contributed by atoms with Crippen molar-refractivity contribution in [3.63, 3.8) is 0 Å². The SMILES string of the molecule is CCCCCC([C-]=O)NC(=O)C(CCCCC)NC(=O)C(C)CCCCC.C[CH-]C.[La]. The van der Waals surface area contributed by atoms with Crippen molar-refractivity contribution in [1.29, 1.82) is 0 Å². The van der Waals surface area contributed by atoms with Crippen LogP contribution < -0.4 is 10.6 Å². The molecule has 5 nitrogen and oxygen atoms in total. The summed E-state index contributed by atoms with van der Waals surface area (Å²) in [6.07, 6.45) is 15.2. The Balaban J connectivity index is -0.00000184. The maximum atomic E-state index is 12.7. The van der Waals surface area contributed by atoms with Crippen molar-refractivity contribution in [1.82, 2.24) is 10.6 Å². The Bertz CT molecular complexity index is 433. The van der Waals surface area contributed by atoms with Crippen LogP contribution in [0.4, 0.5) is 0 Å². The Labute approximate surface area is 220 Å². The number of hydrogen-bond acceptors (Lipinski definition) is 3. The van der Waals surface area contributed by atoms with Crippen LogP contribution in [-0.4, -0.2) is 30.2 Å². The quantitative estimate of drug-likeness (QED) is 0.177. The smallest absolute Gasteiger partial charge is 0.240 e. The molecule has 0 saturated heterocycles. The van der Waals surface area contributed by atoms with E-state index >= 15 is 0 Å². The monoisotopic (exact) mass is 563 g/mol. The molecule has 181 valence electrons. The first-order chi connectivity index (χ1) is 14.4. The average molecular weight is 564 g/mol. The first kappa shape index (κ1) is 35.4. The maximum absolute atomic E-state index is 12.7. The number of nitrogens with one attached hydrogen (secondary N) is 2. The summed E-state index contributed by atoms with van der Waals surface area (Å²) < 4.78 is 0. The molecule has 0 aliphatic carbocycles. The third-order valence-corrected chi connectivity index (χ3v) is 4.97. The summed E-state index contributed by atoms with van der Waals surface area (Å²) >= 11 is 0. The van der Waals surface area contributed by atoms with Crippen LogP contribution in [0.5, 0.6) is 0 Å². The van der Waals surface area contributed by atoms with E-state index in [-0.39, 0.29) is 53.3 Å². The number of amides is 2. The van der Waals surface area contributed by atoms with Crippen molar-refractivity contribution in [3.8, 4) is 0 Å². The molecule has 0 fully saturated rings. The van der Waals surface area contributed by atoms with Crippen molar-refractivity contribution in [3.05, 3.63) is 6.42 Å². The van der Waals surface area contributed by atoms with E-state index in [0.717, 1.165) is 64.2 Å². The van der Waals surface area contributed by atoms with Gasteiger partial charge in [0, 0.05) is 41.5 Å². The molecule has 0 aromatic heterocycles. The van der Waals surface area contributed by atoms with Gasteiger partial charge in [0.1, 0.15) is 6.04 Å². The fourth-order valence-electron chi connectivity index (χ4n) is 3.04. The van der Waals surface area contributed by atoms with Crippen LogP contribution >= 0.6 is 0 Å². The molecule has 1 radical (unpaired) electrons. The number of carbonyl (C=O) groups is 2. The van der Waals surface area contributed by atoms with Gasteiger partial charge in [-0.15, -0.1) is 0 Å². The van der Waals surface area contributed by atoms with Crippen LogP contribution in [0.15, 0.2) is 0 Å². The van der Waals surface area contributed by atoms with Gasteiger partial charge in [0.25, 0.3) is 0 Å². The van der Waals surface area contributed by atoms with E-state index in [2.05, 4.69) is 31.4 Å². The van der Waals surface area contributed by atoms with Gasteiger partial charge in [-0.25, -0.2) is 6.29 Å². The largest absolute Gasteiger partial charge is 0.540 e. The second-order valence-electron chi connectivity index (χ2n) is 8.21. The first-order valence-electron chi connectivity index (χ1n) is 12.1. The molecule has 0 aliphatic rings. The van der Waals surface area contributed by atoms with Crippen LogP contribution in [0.25, 0.3) is 0 Å². The van der Waals surface area contributed by atoms with Crippen LogP contribution in [0, 0.1) is 47.9 Å². The zero-order valence-electron chi connectivity index (χ0n) is 21.1. The van der Waals surface area contributed by atoms with Gasteiger partial charge in [-0.2, -0.15) is 13.8 Å². The van der Waals surface area contributed by atoms with E-state index in [1.54, 1.807) is 0 Å². The molecule has 0 heterocycles. The Morgan fingerprint density at radius 1 is 0.774 bits per heavy atom. The summed E-state index contributed by atoms with van der Waals surface area (Å²) in [5.41, 5.74) is 0. The Kier molecular flexibility index (Phi) is 29.8. The van der Waals surface area contributed by atoms with E-state index in [0.29, 0.717) is 12.8 Å². The normalized spacial score (nSPS) is 13.0. The molecule has 3 unspecified atom stereocenters. The van der Waals surface area contributed by atoms with Crippen molar-refractivity contribution < 1.29 is 50.0 Å². The molecule has 0 aromatic rings. The maximum Gasteiger partial charge on any atom is 0.240 e. The zero-order chi connectivity index (χ0) is 23.2. The zero-order valence-corrected chi connectivity index (χ0v) is 24.7. The molecule has 31 heavy (non-hydrogen) atoms. The molecule has 0 bridgehead atoms. The third-order valence-electron chi connectivity index (χ3n) is 4.97. The fourth-order valence-corrected chi connectivity index (χ4v) is 3.04. The van der Waals surface area contributed by atoms with Crippen molar-refractivity contribution in [2.45, 2.75) is 131 Å². The molecule has 0 rings (SSSR count). The Morgan fingerprint density at radius 3 is 1.68 bits per heavy atom. The Morgan fingerprint density at radius 2 is 1.23 bits per heavy atom. The third kappa shape index (κ3) is 21.4. The van der Waals surface area contributed by atoms with E-state index in [4.69, 9.17) is 0 Å². The molecule has 0 spiro atoms. The molecular weight excluding hydrogens is 515 g/mol. The van der Waals surface area contributed by atoms with Crippen LogP contribution in [-0.2, 0) is 14.4 Å². The summed E-state index contributed by atoms with van der Waals surface area (Å²) in [5, 5.41) is 5.69. The molecule has 3 atom stereocenters. The molecule has 0 aliphatic heterocycles. The first-order valence-corrected chi connectivity index (χ1v) is 12.1. The summed E-state index contributed by atoms with van der Waals surface area (Å²) in [5.74, 6) is -0.429. The minimum Gasteiger partial charge on any atom is -0.540 e. The molecule has 2 amide bonds. The van der Waals surface area contributed by atoms with Gasteiger partial charge >= 0.3 is 0 Å². The summed E-state index contributed by atoms with van der Waals surface area (Å²) in [6.45, 7) is 12.3. The topological polar surface area (TPSA) is 75.3 Å². The number of rotatable bonds is 17. The van der Waals surface area contributed by atoms with Gasteiger partial charge in [0.15, 0.2) is 0 Å². The average Bonchev–Trinajstić information content (AvgIpc) is 2.72. The predicted octanol–water partition coefficient (Wildman–Crippen LogP) is 5.67. The minimum atomic E-state index is -0.586. The van der Waals surface area contributed by atoms with E-state index < -0.39 is 12.1 Å². The van der Waals surface area contributed by atoms with Crippen molar-refractivity contribution in [2.75, 3.05) is 0 Å². The summed E-state index contributed by atoms with van der Waals surface area (Å²) in [6, 6.07) is -1.16. The van der Waals surface area contributed by atoms with Gasteiger partial charge in [0.05, 0.1) is 0 Å². The molecular formula is C25H48LaN2O3-2. The Hall–Kier alpha value is -0.195. The van der Waals surface area contributed by atoms with Crippen molar-refractivity contribution in [2.24, 2.45) is 5.92 Å². The fraction of sp³-hybridized carbons (Fsp3) is 0.840. The van der Waals surface area contributed by atoms with E-state index in [1.807, 2.05) is 33.5 Å². The van der Waals surface area contributed by atoms with Gasteiger partial charge in [-0.05, 0) is 12.8 Å². The van der Waals surface area contributed by atoms with Gasteiger partial charge in [0.2, 0.25) is 11.8 Å².